The van der Waals surface area contributed by atoms with E-state index in [-0.39, 0.29) is 17.8 Å². The van der Waals surface area contributed by atoms with Crippen molar-refractivity contribution in [3.8, 4) is 0 Å². The molecule has 1 fully saturated rings. The number of halogens is 1. The first-order chi connectivity index (χ1) is 14.7. The smallest absolute Gasteiger partial charge is 0.254 e. The Morgan fingerprint density at radius 3 is 2.50 bits per heavy atom. The number of nitrogens with zero attached hydrogens (tertiary/aromatic N) is 2. The van der Waals surface area contributed by atoms with Gasteiger partial charge in [-0.15, -0.1) is 0 Å². The van der Waals surface area contributed by atoms with Crippen LogP contribution < -0.4 is 5.32 Å². The molecule has 154 valence electrons. The van der Waals surface area contributed by atoms with Crippen molar-refractivity contribution in [1.82, 2.24) is 15.2 Å². The van der Waals surface area contributed by atoms with E-state index in [1.165, 1.54) is 23.9 Å². The van der Waals surface area contributed by atoms with Crippen molar-refractivity contribution in [3.63, 3.8) is 0 Å². The maximum atomic E-state index is 13.1. The number of nitrogens with one attached hydrogen (secondary N) is 1. The van der Waals surface area contributed by atoms with Gasteiger partial charge in [0.25, 0.3) is 5.91 Å². The van der Waals surface area contributed by atoms with Gasteiger partial charge >= 0.3 is 0 Å². The third kappa shape index (κ3) is 5.46. The molecule has 6 heteroatoms. The Morgan fingerprint density at radius 1 is 1.03 bits per heavy atom. The molecule has 1 aliphatic heterocycles. The highest BCUT2D eigenvalue weighted by Gasteiger charge is 2.22. The molecule has 0 radical (unpaired) electrons. The van der Waals surface area contributed by atoms with Gasteiger partial charge < -0.3 is 5.32 Å². The lowest BCUT2D eigenvalue weighted by Crippen LogP contribution is -2.44. The molecule has 0 atom stereocenters. The normalized spacial score (nSPS) is 15.1. The van der Waals surface area contributed by atoms with Crippen LogP contribution in [0.1, 0.15) is 28.8 Å². The number of benzene rings is 2. The number of hydrogen-bond donors (Lipinski definition) is 1. The van der Waals surface area contributed by atoms with E-state index in [9.17, 15) is 9.18 Å². The fourth-order valence-electron chi connectivity index (χ4n) is 3.59. The average molecular weight is 422 g/mol. The number of pyridine rings is 1. The summed E-state index contributed by atoms with van der Waals surface area (Å²) in [7, 11) is 0. The van der Waals surface area contributed by atoms with Gasteiger partial charge in [0, 0.05) is 36.8 Å². The van der Waals surface area contributed by atoms with E-state index >= 15 is 0 Å². The Morgan fingerprint density at radius 2 is 1.77 bits per heavy atom. The molecule has 2 aromatic carbocycles. The van der Waals surface area contributed by atoms with E-state index in [1.807, 2.05) is 48.5 Å². The first-order valence-corrected chi connectivity index (χ1v) is 10.9. The number of aromatic nitrogens is 1. The molecule has 0 aliphatic carbocycles. The molecule has 0 saturated carbocycles. The van der Waals surface area contributed by atoms with Crippen LogP contribution in [0.4, 0.5) is 4.39 Å². The van der Waals surface area contributed by atoms with E-state index in [1.54, 1.807) is 12.3 Å². The van der Waals surface area contributed by atoms with Crippen molar-refractivity contribution in [2.24, 2.45) is 0 Å². The fraction of sp³-hybridized carbons (Fsp3) is 0.250. The molecule has 0 unspecified atom stereocenters. The second kappa shape index (κ2) is 9.87. The zero-order chi connectivity index (χ0) is 20.8. The molecule has 4 nitrogen and oxygen atoms in total. The van der Waals surface area contributed by atoms with Crippen LogP contribution in [-0.4, -0.2) is 34.9 Å². The second-order valence-electron chi connectivity index (χ2n) is 7.42. The van der Waals surface area contributed by atoms with Crippen LogP contribution in [0, 0.1) is 5.82 Å². The molecule has 4 rings (SSSR count). The Bertz CT molecular complexity index is 973. The third-order valence-electron chi connectivity index (χ3n) is 5.22. The highest BCUT2D eigenvalue weighted by atomic mass is 32.2. The van der Waals surface area contributed by atoms with E-state index < -0.39 is 0 Å². The Hall–Kier alpha value is -2.70. The molecule has 0 bridgehead atoms. The minimum Gasteiger partial charge on any atom is -0.349 e. The fourth-order valence-corrected chi connectivity index (χ4v) is 4.49. The minimum absolute atomic E-state index is 0.0708. The lowest BCUT2D eigenvalue weighted by Gasteiger charge is -2.32. The third-order valence-corrected chi connectivity index (χ3v) is 6.24. The lowest BCUT2D eigenvalue weighted by molar-refractivity contribution is 0.0905. The predicted molar refractivity (Wildman–Crippen MR) is 117 cm³/mol. The van der Waals surface area contributed by atoms with Crippen LogP contribution in [0.2, 0.25) is 0 Å². The minimum atomic E-state index is -0.208. The maximum absolute atomic E-state index is 13.1. The molecular weight excluding hydrogens is 397 g/mol. The van der Waals surface area contributed by atoms with Gasteiger partial charge in [-0.3, -0.25) is 9.69 Å². The quantitative estimate of drug-likeness (QED) is 0.623. The molecule has 30 heavy (non-hydrogen) atoms. The summed E-state index contributed by atoms with van der Waals surface area (Å²) < 4.78 is 13.1. The summed E-state index contributed by atoms with van der Waals surface area (Å²) in [6.45, 7) is 2.61. The molecule has 1 amide bonds. The van der Waals surface area contributed by atoms with Crippen LogP contribution in [0.5, 0.6) is 0 Å². The van der Waals surface area contributed by atoms with Crippen LogP contribution >= 0.6 is 11.8 Å². The van der Waals surface area contributed by atoms with Gasteiger partial charge in [0.05, 0.1) is 5.56 Å². The summed E-state index contributed by atoms with van der Waals surface area (Å²) in [5.41, 5.74) is 1.72. The van der Waals surface area contributed by atoms with Crippen molar-refractivity contribution in [2.75, 3.05) is 13.1 Å². The highest BCUT2D eigenvalue weighted by Crippen LogP contribution is 2.28. The summed E-state index contributed by atoms with van der Waals surface area (Å²) in [5.74, 6) is -0.279. The summed E-state index contributed by atoms with van der Waals surface area (Å²) in [5, 5.41) is 3.90. The topological polar surface area (TPSA) is 45.2 Å². The Labute approximate surface area is 180 Å². The average Bonchev–Trinajstić information content (AvgIpc) is 2.78. The first-order valence-electron chi connectivity index (χ1n) is 10.1. The summed E-state index contributed by atoms with van der Waals surface area (Å²) in [6.07, 6.45) is 3.51. The monoisotopic (exact) mass is 421 g/mol. The van der Waals surface area contributed by atoms with Gasteiger partial charge in [-0.2, -0.15) is 0 Å². The van der Waals surface area contributed by atoms with Crippen LogP contribution in [0.15, 0.2) is 82.8 Å². The number of carbonyl (C=O) groups excluding carboxylic acids is 1. The van der Waals surface area contributed by atoms with E-state index in [4.69, 9.17) is 0 Å². The second-order valence-corrected chi connectivity index (χ2v) is 8.48. The lowest BCUT2D eigenvalue weighted by atomic mass is 10.0. The largest absolute Gasteiger partial charge is 0.349 e. The van der Waals surface area contributed by atoms with Gasteiger partial charge in [0.2, 0.25) is 0 Å². The molecule has 1 N–H and O–H groups in total. The molecule has 0 spiro atoms. The van der Waals surface area contributed by atoms with Crippen molar-refractivity contribution >= 4 is 17.7 Å². The molecule has 3 aromatic rings. The van der Waals surface area contributed by atoms with E-state index in [0.717, 1.165) is 48.0 Å². The molecule has 1 aromatic heterocycles. The van der Waals surface area contributed by atoms with Gasteiger partial charge in [-0.25, -0.2) is 9.37 Å². The molecular formula is C24H24FN3OS. The van der Waals surface area contributed by atoms with Crippen molar-refractivity contribution in [2.45, 2.75) is 35.3 Å². The number of carbonyl (C=O) groups is 1. The van der Waals surface area contributed by atoms with Gasteiger partial charge in [-0.05, 0) is 54.8 Å². The number of hydrogen-bond acceptors (Lipinski definition) is 4. The predicted octanol–water partition coefficient (Wildman–Crippen LogP) is 4.77. The number of amides is 1. The number of likely N-dealkylation sites (tertiary alicyclic amines) is 1. The molecule has 2 heterocycles. The highest BCUT2D eigenvalue weighted by molar-refractivity contribution is 7.99. The summed E-state index contributed by atoms with van der Waals surface area (Å²) >= 11 is 1.50. The Kier molecular flexibility index (Phi) is 6.77. The van der Waals surface area contributed by atoms with Gasteiger partial charge in [0.1, 0.15) is 10.8 Å². The van der Waals surface area contributed by atoms with Crippen molar-refractivity contribution in [1.29, 1.82) is 0 Å². The van der Waals surface area contributed by atoms with Crippen LogP contribution in [-0.2, 0) is 6.54 Å². The van der Waals surface area contributed by atoms with Crippen molar-refractivity contribution in [3.05, 3.63) is 89.9 Å². The summed E-state index contributed by atoms with van der Waals surface area (Å²) in [6, 6.07) is 20.4. The van der Waals surface area contributed by atoms with Crippen molar-refractivity contribution < 1.29 is 9.18 Å². The van der Waals surface area contributed by atoms with E-state index in [2.05, 4.69) is 15.2 Å². The number of rotatable bonds is 6. The Balaban J connectivity index is 1.32. The molecule has 1 aliphatic rings. The van der Waals surface area contributed by atoms with Crippen LogP contribution in [0.3, 0.4) is 0 Å². The zero-order valence-corrected chi connectivity index (χ0v) is 17.4. The zero-order valence-electron chi connectivity index (χ0n) is 16.6. The van der Waals surface area contributed by atoms with Gasteiger partial charge in [-0.1, -0.05) is 42.1 Å². The number of piperidine rings is 1. The first kappa shape index (κ1) is 20.6. The van der Waals surface area contributed by atoms with Crippen LogP contribution in [0.25, 0.3) is 0 Å². The van der Waals surface area contributed by atoms with E-state index in [0.29, 0.717) is 5.56 Å². The molecule has 1 saturated heterocycles. The van der Waals surface area contributed by atoms with Gasteiger partial charge in [0.15, 0.2) is 0 Å². The summed E-state index contributed by atoms with van der Waals surface area (Å²) in [4.78, 5) is 20.7. The standard InChI is InChI=1S/C24H24FN3OS/c25-19-10-8-18(9-11-19)17-28-15-12-20(13-16-28)27-23(29)22-7-4-14-26-24(22)30-21-5-2-1-3-6-21/h1-11,14,20H,12-13,15-17H2,(H,27,29). The maximum Gasteiger partial charge on any atom is 0.254 e. The SMILES string of the molecule is O=C(NC1CCN(Cc2ccc(F)cc2)CC1)c1cccnc1Sc1ccccc1.